The van der Waals surface area contributed by atoms with Crippen LogP contribution in [0.3, 0.4) is 0 Å². The van der Waals surface area contributed by atoms with Crippen LogP contribution in [0.2, 0.25) is 0 Å². The Balaban J connectivity index is -0.0000000711. The Kier molecular flexibility index (Phi) is 22.0. The third-order valence-corrected chi connectivity index (χ3v) is 3.60. The normalized spacial score (nSPS) is 11.8. The van der Waals surface area contributed by atoms with E-state index in [0.29, 0.717) is 0 Å². The third-order valence-electron chi connectivity index (χ3n) is 0.400. The molecular formula is O14P4Sn3. The van der Waals surface area contributed by atoms with Gasteiger partial charge in [-0.15, -0.1) is 0 Å². The van der Waals surface area contributed by atoms with Gasteiger partial charge in [-0.25, -0.2) is 0 Å². The minimum atomic E-state index is -5.68. The maximum atomic E-state index is 9.32. The molecule has 116 valence electrons. The van der Waals surface area contributed by atoms with Gasteiger partial charge in [-0.05, 0) is 0 Å². The third kappa shape index (κ3) is 45.1. The van der Waals surface area contributed by atoms with Gasteiger partial charge in [-0.2, -0.15) is 0 Å². The standard InChI is InChI=1S/2H4O7P2.3Sn/c2*1-8(2,3)7-9(4,5)6;;;/h2*(H2,1,2,3)(H2,4,5,6);;;/q;;2*+2;+4/p-8. The Hall–Kier alpha value is 2.92. The van der Waals surface area contributed by atoms with Crippen LogP contribution in [0.1, 0.15) is 0 Å². The molecule has 0 aliphatic heterocycles. The maximum Gasteiger partial charge on any atom is 4.00 e. The molecule has 0 fully saturated rings. The summed E-state index contributed by atoms with van der Waals surface area (Å²) in [6, 6.07) is 0. The number of hydrogen-bond acceptors (Lipinski definition) is 14. The molecule has 0 aromatic carbocycles. The van der Waals surface area contributed by atoms with E-state index in [1.165, 1.54) is 0 Å². The van der Waals surface area contributed by atoms with Gasteiger partial charge in [0.2, 0.25) is 0 Å². The van der Waals surface area contributed by atoms with Crippen LogP contribution in [0.15, 0.2) is 0 Å². The van der Waals surface area contributed by atoms with Crippen molar-refractivity contribution in [2.75, 3.05) is 0 Å². The van der Waals surface area contributed by atoms with Crippen LogP contribution in [-0.4, -0.2) is 71.7 Å². The molecule has 0 aromatic heterocycles. The van der Waals surface area contributed by atoms with E-state index >= 15 is 0 Å². The van der Waals surface area contributed by atoms with Crippen molar-refractivity contribution in [3.63, 3.8) is 0 Å². The van der Waals surface area contributed by atoms with Gasteiger partial charge in [-0.1, -0.05) is 0 Å². The Morgan fingerprint density at radius 1 is 0.476 bits per heavy atom. The van der Waals surface area contributed by atoms with Gasteiger partial charge < -0.3 is 66.0 Å². The molecule has 0 rings (SSSR count). The second-order valence-electron chi connectivity index (χ2n) is 1.95. The molecule has 21 heavy (non-hydrogen) atoms. The first kappa shape index (κ1) is 35.1. The van der Waals surface area contributed by atoms with Crippen molar-refractivity contribution >= 4 is 103 Å². The monoisotopic (exact) mass is 708 g/mol. The summed E-state index contributed by atoms with van der Waals surface area (Å²) in [5.74, 6) is 0. The van der Waals surface area contributed by atoms with Crippen molar-refractivity contribution in [3.8, 4) is 0 Å². The molecule has 0 atom stereocenters. The SMILES string of the molecule is O=P([O-])([O-])OP(=O)([O-])[O-].O=P([O-])([O-])OP(=O)([O-])[O-].[Sn+2].[Sn+2].[Sn+4]. The Labute approximate surface area is 167 Å². The van der Waals surface area contributed by atoms with E-state index < -0.39 is 31.3 Å². The molecule has 0 saturated heterocycles. The van der Waals surface area contributed by atoms with Crippen LogP contribution in [0.5, 0.6) is 0 Å². The molecule has 0 aliphatic rings. The molecule has 21 heteroatoms. The second-order valence-corrected chi connectivity index (χ2v) is 6.84. The van der Waals surface area contributed by atoms with Crippen LogP contribution in [0.4, 0.5) is 0 Å². The van der Waals surface area contributed by atoms with Gasteiger partial charge in [0.05, 0.1) is 31.3 Å². The van der Waals surface area contributed by atoms with Gasteiger partial charge in [0, 0.05) is 0 Å². The molecule has 0 spiro atoms. The fourth-order valence-corrected chi connectivity index (χ4v) is 2.20. The average molecular weight is 704 g/mol. The maximum absolute atomic E-state index is 9.32. The fourth-order valence-electron chi connectivity index (χ4n) is 0.245. The van der Waals surface area contributed by atoms with E-state index in [9.17, 15) is 57.4 Å². The van der Waals surface area contributed by atoms with Gasteiger partial charge in [0.15, 0.2) is 0 Å². The zero-order chi connectivity index (χ0) is 15.4. The van der Waals surface area contributed by atoms with Crippen LogP contribution >= 0.6 is 31.3 Å². The molecule has 0 saturated carbocycles. The summed E-state index contributed by atoms with van der Waals surface area (Å²) < 4.78 is 42.3. The van der Waals surface area contributed by atoms with Crippen LogP contribution < -0.4 is 39.1 Å². The Morgan fingerprint density at radius 3 is 0.571 bits per heavy atom. The van der Waals surface area contributed by atoms with Crippen molar-refractivity contribution in [2.24, 2.45) is 0 Å². The molecular weight excluding hydrogens is 704 g/mol. The van der Waals surface area contributed by atoms with E-state index in [1.54, 1.807) is 0 Å². The molecule has 0 unspecified atom stereocenters. The average Bonchev–Trinajstić information content (AvgIpc) is 1.64. The number of rotatable bonds is 4. The van der Waals surface area contributed by atoms with Crippen molar-refractivity contribution in [2.45, 2.75) is 0 Å². The van der Waals surface area contributed by atoms with E-state index in [2.05, 4.69) is 8.62 Å². The molecule has 4 radical (unpaired) electrons. The zero-order valence-corrected chi connectivity index (χ0v) is 21.1. The van der Waals surface area contributed by atoms with E-state index in [4.69, 9.17) is 0 Å². The van der Waals surface area contributed by atoms with Crippen molar-refractivity contribution in [3.05, 3.63) is 0 Å². The summed E-state index contributed by atoms with van der Waals surface area (Å²) in [6.45, 7) is 0. The van der Waals surface area contributed by atoms with Crippen molar-refractivity contribution in [1.29, 1.82) is 0 Å². The second kappa shape index (κ2) is 13.2. The largest absolute Gasteiger partial charge is 4.00 e. The van der Waals surface area contributed by atoms with E-state index in [1.807, 2.05) is 0 Å². The zero-order valence-electron chi connectivity index (χ0n) is 9.00. The molecule has 0 amide bonds. The van der Waals surface area contributed by atoms with Gasteiger partial charge in [0.1, 0.15) is 0 Å². The quantitative estimate of drug-likeness (QED) is 0.194. The topological polar surface area (TPSA) is 271 Å². The molecule has 0 bridgehead atoms. The predicted molar refractivity (Wildman–Crippen MR) is 49.9 cm³/mol. The molecule has 0 N–H and O–H groups in total. The van der Waals surface area contributed by atoms with Gasteiger partial charge in [-0.3, -0.25) is 0 Å². The van der Waals surface area contributed by atoms with Gasteiger partial charge >= 0.3 is 71.7 Å². The predicted octanol–water partition coefficient (Wildman–Crippen LogP) is -7.82. The Morgan fingerprint density at radius 2 is 0.571 bits per heavy atom. The van der Waals surface area contributed by atoms with Crippen molar-refractivity contribution in [1.82, 2.24) is 0 Å². The van der Waals surface area contributed by atoms with Crippen molar-refractivity contribution < 1.29 is 66.0 Å². The number of hydrogen-bond donors (Lipinski definition) is 0. The Bertz CT molecular complexity index is 349. The first-order valence-electron chi connectivity index (χ1n) is 2.92. The summed E-state index contributed by atoms with van der Waals surface area (Å²) in [5.41, 5.74) is 0. The van der Waals surface area contributed by atoms with Crippen LogP contribution in [0, 0.1) is 0 Å². The minimum absolute atomic E-state index is 0. The fraction of sp³-hybridized carbons (Fsp3) is 0. The first-order chi connectivity index (χ1) is 7.41. The summed E-state index contributed by atoms with van der Waals surface area (Å²) in [6.07, 6.45) is 0. The van der Waals surface area contributed by atoms with E-state index in [0.717, 1.165) is 0 Å². The smallest absolute Gasteiger partial charge is 0.790 e. The molecule has 14 nitrogen and oxygen atoms in total. The molecule has 0 heterocycles. The summed E-state index contributed by atoms with van der Waals surface area (Å²) in [4.78, 5) is 74.6. The summed E-state index contributed by atoms with van der Waals surface area (Å²) in [5, 5.41) is 0. The van der Waals surface area contributed by atoms with Gasteiger partial charge in [0.25, 0.3) is 0 Å². The van der Waals surface area contributed by atoms with E-state index in [-0.39, 0.29) is 71.7 Å². The van der Waals surface area contributed by atoms with Crippen LogP contribution in [0.25, 0.3) is 0 Å². The molecule has 0 aromatic rings. The summed E-state index contributed by atoms with van der Waals surface area (Å²) >= 11 is 0. The summed E-state index contributed by atoms with van der Waals surface area (Å²) in [7, 11) is -22.7. The van der Waals surface area contributed by atoms with Crippen LogP contribution in [-0.2, 0) is 26.9 Å². The number of phosphoric acid groups is 4. The molecule has 0 aliphatic carbocycles. The first-order valence-corrected chi connectivity index (χ1v) is 8.76. The minimum Gasteiger partial charge on any atom is -0.790 e.